The summed E-state index contributed by atoms with van der Waals surface area (Å²) in [6, 6.07) is 17.3. The molecule has 0 aliphatic heterocycles. The number of rotatable bonds is 4. The van der Waals surface area contributed by atoms with E-state index in [9.17, 15) is 0 Å². The topological polar surface area (TPSA) is 131 Å². The van der Waals surface area contributed by atoms with Crippen molar-refractivity contribution in [2.45, 2.75) is 26.2 Å². The second-order valence-corrected chi connectivity index (χ2v) is 8.47. The van der Waals surface area contributed by atoms with Gasteiger partial charge in [-0.3, -0.25) is 5.10 Å². The van der Waals surface area contributed by atoms with Gasteiger partial charge in [0.2, 0.25) is 0 Å². The number of aromatic amines is 1. The first kappa shape index (κ1) is 19.7. The fourth-order valence-electron chi connectivity index (χ4n) is 3.24. The van der Waals surface area contributed by atoms with Crippen molar-refractivity contribution in [3.05, 3.63) is 60.4 Å². The highest BCUT2D eigenvalue weighted by Crippen LogP contribution is 2.30. The lowest BCUT2D eigenvalue weighted by Gasteiger charge is -2.10. The largest absolute Gasteiger partial charge is 0.383 e. The van der Waals surface area contributed by atoms with Crippen LogP contribution in [0.3, 0.4) is 0 Å². The molecule has 9 heteroatoms. The van der Waals surface area contributed by atoms with Crippen molar-refractivity contribution in [2.75, 3.05) is 11.1 Å². The molecule has 0 unspecified atom stereocenters. The lowest BCUT2D eigenvalue weighted by molar-refractivity contribution is 0.402. The average molecular weight is 426 g/mol. The van der Waals surface area contributed by atoms with E-state index in [4.69, 9.17) is 10.3 Å². The molecule has 2 aromatic carbocycles. The summed E-state index contributed by atoms with van der Waals surface area (Å²) in [6.07, 6.45) is 0. The molecular formula is C23H22N8O. The van der Waals surface area contributed by atoms with Gasteiger partial charge in [-0.1, -0.05) is 56.3 Å². The summed E-state index contributed by atoms with van der Waals surface area (Å²) < 4.78 is 5.41. The van der Waals surface area contributed by atoms with Crippen molar-refractivity contribution in [2.24, 2.45) is 0 Å². The lowest BCUT2D eigenvalue weighted by Crippen LogP contribution is -2.13. The van der Waals surface area contributed by atoms with Crippen LogP contribution in [0.15, 0.2) is 59.1 Å². The molecular weight excluding hydrogens is 404 g/mol. The van der Waals surface area contributed by atoms with Gasteiger partial charge in [0.1, 0.15) is 17.0 Å². The molecule has 0 fully saturated rings. The van der Waals surface area contributed by atoms with Crippen LogP contribution in [0.25, 0.3) is 33.9 Å². The number of fused-ring (bicyclic) bond motifs is 1. The van der Waals surface area contributed by atoms with Gasteiger partial charge in [0.25, 0.3) is 5.89 Å². The summed E-state index contributed by atoms with van der Waals surface area (Å²) in [7, 11) is 0. The molecule has 0 amide bonds. The highest BCUT2D eigenvalue weighted by atomic mass is 16.5. The van der Waals surface area contributed by atoms with Crippen LogP contribution in [-0.2, 0) is 5.41 Å². The molecule has 3 heterocycles. The van der Waals surface area contributed by atoms with Crippen LogP contribution >= 0.6 is 0 Å². The van der Waals surface area contributed by atoms with E-state index in [2.05, 4.69) is 35.6 Å². The molecule has 160 valence electrons. The van der Waals surface area contributed by atoms with Gasteiger partial charge in [-0.15, -0.1) is 0 Å². The third kappa shape index (κ3) is 3.64. The third-order valence-corrected chi connectivity index (χ3v) is 4.97. The first-order chi connectivity index (χ1) is 15.4. The number of nitrogens with zero attached hydrogens (tertiary/aromatic N) is 5. The summed E-state index contributed by atoms with van der Waals surface area (Å²) in [6.45, 7) is 6.13. The molecule has 4 N–H and O–H groups in total. The van der Waals surface area contributed by atoms with Gasteiger partial charge >= 0.3 is 0 Å². The van der Waals surface area contributed by atoms with Crippen LogP contribution in [0.1, 0.15) is 26.6 Å². The zero-order valence-corrected chi connectivity index (χ0v) is 17.9. The van der Waals surface area contributed by atoms with Gasteiger partial charge in [-0.25, -0.2) is 9.97 Å². The first-order valence-corrected chi connectivity index (χ1v) is 10.2. The maximum absolute atomic E-state index is 6.25. The molecule has 0 aliphatic carbocycles. The number of aromatic nitrogens is 6. The monoisotopic (exact) mass is 426 g/mol. The van der Waals surface area contributed by atoms with Gasteiger partial charge in [-0.05, 0) is 24.3 Å². The van der Waals surface area contributed by atoms with E-state index in [1.807, 2.05) is 75.4 Å². The number of hydrogen-bond acceptors (Lipinski definition) is 8. The number of H-pyrrole nitrogens is 1. The molecule has 5 rings (SSSR count). The fourth-order valence-corrected chi connectivity index (χ4v) is 3.24. The van der Waals surface area contributed by atoms with E-state index in [-0.39, 0.29) is 5.41 Å². The van der Waals surface area contributed by atoms with Crippen molar-refractivity contribution >= 4 is 28.4 Å². The maximum atomic E-state index is 6.25. The number of benzene rings is 2. The van der Waals surface area contributed by atoms with Crippen LogP contribution in [-0.4, -0.2) is 30.3 Å². The van der Waals surface area contributed by atoms with E-state index in [1.54, 1.807) is 0 Å². The molecule has 9 nitrogen and oxygen atoms in total. The normalized spacial score (nSPS) is 11.7. The summed E-state index contributed by atoms with van der Waals surface area (Å²) >= 11 is 0. The van der Waals surface area contributed by atoms with Gasteiger partial charge in [0.15, 0.2) is 17.3 Å². The fraction of sp³-hybridized carbons (Fsp3) is 0.174. The van der Waals surface area contributed by atoms with E-state index >= 15 is 0 Å². The van der Waals surface area contributed by atoms with Crippen molar-refractivity contribution in [3.63, 3.8) is 0 Å². The second kappa shape index (κ2) is 7.45. The minimum absolute atomic E-state index is 0.173. The molecule has 0 atom stereocenters. The minimum Gasteiger partial charge on any atom is -0.383 e. The highest BCUT2D eigenvalue weighted by Gasteiger charge is 2.21. The van der Waals surface area contributed by atoms with E-state index < -0.39 is 0 Å². The van der Waals surface area contributed by atoms with Crippen molar-refractivity contribution in [1.29, 1.82) is 0 Å². The van der Waals surface area contributed by atoms with Crippen LogP contribution < -0.4 is 11.1 Å². The van der Waals surface area contributed by atoms with Crippen LogP contribution in [0.2, 0.25) is 0 Å². The predicted octanol–water partition coefficient (Wildman–Crippen LogP) is 4.69. The molecule has 0 spiro atoms. The van der Waals surface area contributed by atoms with Crippen LogP contribution in [0.5, 0.6) is 0 Å². The summed E-state index contributed by atoms with van der Waals surface area (Å²) in [4.78, 5) is 13.5. The van der Waals surface area contributed by atoms with Gasteiger partial charge < -0.3 is 15.6 Å². The number of hydrogen-bond donors (Lipinski definition) is 3. The zero-order chi connectivity index (χ0) is 22.3. The minimum atomic E-state index is -0.173. The Bertz CT molecular complexity index is 1380. The Morgan fingerprint density at radius 1 is 0.906 bits per heavy atom. The zero-order valence-electron chi connectivity index (χ0n) is 17.9. The Morgan fingerprint density at radius 2 is 1.66 bits per heavy atom. The van der Waals surface area contributed by atoms with Crippen molar-refractivity contribution in [3.8, 4) is 22.8 Å². The number of nitrogens with two attached hydrogens (primary N) is 1. The summed E-state index contributed by atoms with van der Waals surface area (Å²) in [5.41, 5.74) is 9.13. The molecule has 0 aliphatic rings. The number of nitrogens with one attached hydrogen (secondary N) is 2. The Morgan fingerprint density at radius 3 is 2.34 bits per heavy atom. The van der Waals surface area contributed by atoms with Crippen molar-refractivity contribution < 1.29 is 4.52 Å². The molecule has 0 bridgehead atoms. The SMILES string of the molecule is CC(C)(C)c1noc(-c2ccc(Nc3[nH]nc4nc(-c5ccccc5)nc(N)c34)cc2)n1. The van der Waals surface area contributed by atoms with Gasteiger partial charge in [-0.2, -0.15) is 10.1 Å². The van der Waals surface area contributed by atoms with Gasteiger partial charge in [0.05, 0.1) is 0 Å². The van der Waals surface area contributed by atoms with E-state index in [0.29, 0.717) is 40.2 Å². The Kier molecular flexibility index (Phi) is 4.58. The van der Waals surface area contributed by atoms with Crippen LogP contribution in [0.4, 0.5) is 17.3 Å². The van der Waals surface area contributed by atoms with Crippen LogP contribution in [0, 0.1) is 0 Å². The summed E-state index contributed by atoms with van der Waals surface area (Å²) in [5, 5.41) is 15.3. The quantitative estimate of drug-likeness (QED) is 0.377. The van der Waals surface area contributed by atoms with Crippen molar-refractivity contribution in [1.82, 2.24) is 30.3 Å². The van der Waals surface area contributed by atoms with E-state index in [1.165, 1.54) is 0 Å². The highest BCUT2D eigenvalue weighted by molar-refractivity contribution is 5.97. The molecule has 0 radical (unpaired) electrons. The van der Waals surface area contributed by atoms with Gasteiger partial charge in [0, 0.05) is 22.2 Å². The first-order valence-electron chi connectivity index (χ1n) is 10.2. The Balaban J connectivity index is 1.40. The maximum Gasteiger partial charge on any atom is 0.257 e. The average Bonchev–Trinajstić information content (AvgIpc) is 3.43. The molecule has 0 saturated heterocycles. The lowest BCUT2D eigenvalue weighted by atomic mass is 9.96. The molecule has 0 saturated carbocycles. The predicted molar refractivity (Wildman–Crippen MR) is 123 cm³/mol. The molecule has 5 aromatic rings. The standard InChI is InChI=1S/C23H22N8O/c1-23(2,3)22-28-21(32-31-22)14-9-11-15(12-10-14)25-19-16-17(24)26-18(27-20(16)30-29-19)13-7-5-4-6-8-13/h4-12H,1-3H3,(H4,24,25,26,27,29,30). The Hall–Kier alpha value is -4.27. The van der Waals surface area contributed by atoms with E-state index in [0.717, 1.165) is 16.8 Å². The smallest absolute Gasteiger partial charge is 0.257 e. The number of anilines is 3. The number of nitrogen functional groups attached to an aromatic ring is 1. The Labute approximate surface area is 184 Å². The summed E-state index contributed by atoms with van der Waals surface area (Å²) in [5.74, 6) is 2.66. The second-order valence-electron chi connectivity index (χ2n) is 8.47. The molecule has 3 aromatic heterocycles. The molecule has 32 heavy (non-hydrogen) atoms. The third-order valence-electron chi connectivity index (χ3n) is 4.97.